The molecular formula is C35H44O11. The van der Waals surface area contributed by atoms with E-state index in [0.717, 1.165) is 5.56 Å². The summed E-state index contributed by atoms with van der Waals surface area (Å²) in [4.78, 5) is 67.7. The first-order valence-electron chi connectivity index (χ1n) is 16.0. The number of cyclic esters (lactones) is 1. The van der Waals surface area contributed by atoms with Gasteiger partial charge in [-0.15, -0.1) is 0 Å². The zero-order valence-corrected chi connectivity index (χ0v) is 28.0. The minimum Gasteiger partial charge on any atom is -0.472 e. The third-order valence-corrected chi connectivity index (χ3v) is 12.5. The largest absolute Gasteiger partial charge is 0.472 e. The van der Waals surface area contributed by atoms with Crippen molar-refractivity contribution in [3.63, 3.8) is 0 Å². The Bertz CT molecular complexity index is 1520. The van der Waals surface area contributed by atoms with Crippen LogP contribution in [0.5, 0.6) is 0 Å². The molecule has 0 unspecified atom stereocenters. The van der Waals surface area contributed by atoms with Crippen LogP contribution in [0, 0.1) is 28.1 Å². The maximum atomic E-state index is 15.0. The van der Waals surface area contributed by atoms with E-state index in [2.05, 4.69) is 0 Å². The van der Waals surface area contributed by atoms with Crippen molar-refractivity contribution >= 4 is 29.7 Å². The average Bonchev–Trinajstić information content (AvgIpc) is 3.33. The summed E-state index contributed by atoms with van der Waals surface area (Å²) in [5, 5.41) is 0. The SMILES string of the molecule is C/C=C(\C)C(=O)O[C@H]1[C@H](OC(C)=O)[C@@H]2[C@@]3(C)[C@@H](OC(C)=O)CC(=O)OC(C)(C)[C@@H]3CC(=O)[C@@]2(C)[C@@]23O[C@@H]2C[C@@H](c2ccoc2)[C@]13C. The van der Waals surface area contributed by atoms with Gasteiger partial charge in [0.1, 0.15) is 35.3 Å². The second-order valence-electron chi connectivity index (χ2n) is 14.9. The van der Waals surface area contributed by atoms with Gasteiger partial charge in [0, 0.05) is 54.4 Å². The fourth-order valence-electron chi connectivity index (χ4n) is 10.6. The summed E-state index contributed by atoms with van der Waals surface area (Å²) in [7, 11) is 0. The highest BCUT2D eigenvalue weighted by atomic mass is 16.6. The second-order valence-corrected chi connectivity index (χ2v) is 14.9. The molecule has 0 amide bonds. The third-order valence-electron chi connectivity index (χ3n) is 12.5. The van der Waals surface area contributed by atoms with E-state index in [1.54, 1.807) is 46.3 Å². The summed E-state index contributed by atoms with van der Waals surface area (Å²) in [6.45, 7) is 15.1. The van der Waals surface area contributed by atoms with Crippen LogP contribution in [0.15, 0.2) is 34.7 Å². The molecule has 11 heteroatoms. The molecule has 6 rings (SSSR count). The van der Waals surface area contributed by atoms with Crippen molar-refractivity contribution in [3.8, 4) is 0 Å². The first kappa shape index (κ1) is 32.5. The Kier molecular flexibility index (Phi) is 7.24. The molecule has 3 heterocycles. The minimum atomic E-state index is -1.32. The van der Waals surface area contributed by atoms with Crippen LogP contribution in [-0.4, -0.2) is 65.3 Å². The summed E-state index contributed by atoms with van der Waals surface area (Å²) < 4.78 is 36.8. The van der Waals surface area contributed by atoms with Crippen LogP contribution < -0.4 is 0 Å². The van der Waals surface area contributed by atoms with Crippen molar-refractivity contribution in [1.82, 2.24) is 0 Å². The summed E-state index contributed by atoms with van der Waals surface area (Å²) >= 11 is 0. The first-order valence-corrected chi connectivity index (χ1v) is 16.0. The summed E-state index contributed by atoms with van der Waals surface area (Å²) in [5.41, 5.74) is -4.69. The number of rotatable bonds is 5. The van der Waals surface area contributed by atoms with Crippen LogP contribution in [0.4, 0.5) is 0 Å². The van der Waals surface area contributed by atoms with Crippen molar-refractivity contribution in [2.75, 3.05) is 0 Å². The molecule has 1 aromatic heterocycles. The topological polar surface area (TPSA) is 148 Å². The fourth-order valence-corrected chi connectivity index (χ4v) is 10.6. The van der Waals surface area contributed by atoms with Gasteiger partial charge in [0.05, 0.1) is 30.5 Å². The van der Waals surface area contributed by atoms with Crippen molar-refractivity contribution in [3.05, 3.63) is 35.8 Å². The van der Waals surface area contributed by atoms with Crippen molar-refractivity contribution in [1.29, 1.82) is 0 Å². The smallest absolute Gasteiger partial charge is 0.333 e. The van der Waals surface area contributed by atoms with Gasteiger partial charge in [-0.2, -0.15) is 0 Å². The molecule has 3 saturated carbocycles. The second kappa shape index (κ2) is 10.3. The summed E-state index contributed by atoms with van der Waals surface area (Å²) in [5.74, 6) is -4.41. The molecule has 1 aromatic rings. The zero-order valence-electron chi connectivity index (χ0n) is 28.0. The van der Waals surface area contributed by atoms with Crippen LogP contribution in [0.3, 0.4) is 0 Å². The van der Waals surface area contributed by atoms with E-state index in [1.807, 2.05) is 26.8 Å². The molecule has 0 aromatic carbocycles. The summed E-state index contributed by atoms with van der Waals surface area (Å²) in [6, 6.07) is 1.85. The quantitative estimate of drug-likeness (QED) is 0.192. The third kappa shape index (κ3) is 4.02. The standard InChI is InChI=1S/C35H44O11/c1-10-17(2)30(40)44-29-27(43-19(4)37)28-32(7)22(31(5,6)46-26(39)15-24(32)42-18(3)36)14-23(38)34(28,9)35-25(45-35)13-21(33(29,35)8)20-11-12-41-16-20/h10-12,16,21-22,24-25,27-29H,13-15H2,1-9H3/b17-10+/t21-,22-,24-,25+,27+,28+,29-,32+,33+,34+,35+/m0/s1. The molecule has 2 aliphatic heterocycles. The fraction of sp³-hybridized carbons (Fsp3) is 0.686. The number of hydrogen-bond acceptors (Lipinski definition) is 11. The van der Waals surface area contributed by atoms with Crippen molar-refractivity contribution in [2.24, 2.45) is 28.1 Å². The number of carbonyl (C=O) groups is 5. The molecule has 250 valence electrons. The van der Waals surface area contributed by atoms with Gasteiger partial charge in [-0.25, -0.2) is 4.79 Å². The molecule has 11 nitrogen and oxygen atoms in total. The van der Waals surface area contributed by atoms with E-state index in [4.69, 9.17) is 28.1 Å². The number of ketones is 1. The molecule has 5 fully saturated rings. The Balaban J connectivity index is 1.67. The van der Waals surface area contributed by atoms with Crippen LogP contribution in [0.1, 0.15) is 93.1 Å². The molecule has 46 heavy (non-hydrogen) atoms. The van der Waals surface area contributed by atoms with E-state index >= 15 is 0 Å². The van der Waals surface area contributed by atoms with Crippen molar-refractivity contribution < 1.29 is 52.1 Å². The number of ether oxygens (including phenoxy) is 5. The predicted molar refractivity (Wildman–Crippen MR) is 160 cm³/mol. The molecule has 1 spiro atoms. The molecule has 2 saturated heterocycles. The number of fused-ring (bicyclic) bond motifs is 3. The number of hydrogen-bond donors (Lipinski definition) is 0. The molecular weight excluding hydrogens is 596 g/mol. The van der Waals surface area contributed by atoms with Crippen LogP contribution in [0.25, 0.3) is 0 Å². The Morgan fingerprint density at radius 3 is 2.22 bits per heavy atom. The monoisotopic (exact) mass is 640 g/mol. The lowest BCUT2D eigenvalue weighted by molar-refractivity contribution is -0.280. The highest BCUT2D eigenvalue weighted by Crippen LogP contribution is 2.82. The van der Waals surface area contributed by atoms with E-state index in [1.165, 1.54) is 13.8 Å². The molecule has 0 bridgehead atoms. The van der Waals surface area contributed by atoms with E-state index in [-0.39, 0.29) is 30.6 Å². The molecule has 3 aliphatic carbocycles. The van der Waals surface area contributed by atoms with Gasteiger partial charge in [0.2, 0.25) is 0 Å². The predicted octanol–water partition coefficient (Wildman–Crippen LogP) is 4.61. The zero-order chi connectivity index (χ0) is 33.8. The number of esters is 4. The minimum absolute atomic E-state index is 0.000752. The van der Waals surface area contributed by atoms with Gasteiger partial charge < -0.3 is 28.1 Å². The number of epoxide rings is 1. The molecule has 0 N–H and O–H groups in total. The van der Waals surface area contributed by atoms with E-state index in [9.17, 15) is 24.0 Å². The van der Waals surface area contributed by atoms with Gasteiger partial charge in [0.15, 0.2) is 0 Å². The number of Topliss-reactive ketones (excluding diaryl/α,β-unsaturated/α-hetero) is 1. The lowest BCUT2D eigenvalue weighted by atomic mass is 9.36. The van der Waals surface area contributed by atoms with Gasteiger partial charge in [0.25, 0.3) is 0 Å². The van der Waals surface area contributed by atoms with Crippen LogP contribution in [0.2, 0.25) is 0 Å². The molecule has 11 atom stereocenters. The normalized spacial score (nSPS) is 43.9. The van der Waals surface area contributed by atoms with E-state index in [0.29, 0.717) is 12.0 Å². The van der Waals surface area contributed by atoms with Crippen LogP contribution >= 0.6 is 0 Å². The van der Waals surface area contributed by atoms with Gasteiger partial charge in [-0.05, 0) is 52.7 Å². The Morgan fingerprint density at radius 2 is 1.63 bits per heavy atom. The Hall–Kier alpha value is -3.47. The maximum Gasteiger partial charge on any atom is 0.333 e. The van der Waals surface area contributed by atoms with Gasteiger partial charge in [-0.1, -0.05) is 19.9 Å². The first-order chi connectivity index (χ1) is 21.4. The van der Waals surface area contributed by atoms with Gasteiger partial charge >= 0.3 is 23.9 Å². The Morgan fingerprint density at radius 1 is 0.957 bits per heavy atom. The average molecular weight is 641 g/mol. The summed E-state index contributed by atoms with van der Waals surface area (Å²) in [6.07, 6.45) is 1.38. The van der Waals surface area contributed by atoms with Crippen LogP contribution in [-0.2, 0) is 47.7 Å². The Labute approximate surface area is 268 Å². The molecule has 5 aliphatic rings. The lowest BCUT2D eigenvalue weighted by Gasteiger charge is -2.67. The van der Waals surface area contributed by atoms with Gasteiger partial charge in [-0.3, -0.25) is 19.2 Å². The highest BCUT2D eigenvalue weighted by molar-refractivity contribution is 5.91. The van der Waals surface area contributed by atoms with Crippen molar-refractivity contribution in [2.45, 2.75) is 123 Å². The number of allylic oxidation sites excluding steroid dienone is 1. The highest BCUT2D eigenvalue weighted by Gasteiger charge is 2.92. The molecule has 0 radical (unpaired) electrons. The maximum absolute atomic E-state index is 15.0. The lowest BCUT2D eigenvalue weighted by Crippen LogP contribution is -2.78. The number of carbonyl (C=O) groups excluding carboxylic acids is 5. The van der Waals surface area contributed by atoms with E-state index < -0.39 is 81.5 Å². The number of furan rings is 1.